The minimum atomic E-state index is 0.0740. The van der Waals surface area contributed by atoms with Gasteiger partial charge in [0, 0.05) is 30.8 Å². The molecular formula is C17H28N2O2. The topological polar surface area (TPSA) is 67.5 Å². The van der Waals surface area contributed by atoms with Gasteiger partial charge >= 0.3 is 0 Å². The summed E-state index contributed by atoms with van der Waals surface area (Å²) in [6.07, 6.45) is 4.64. The Kier molecular flexibility index (Phi) is 6.49. The monoisotopic (exact) mass is 292 g/mol. The molecule has 4 nitrogen and oxygen atoms in total. The van der Waals surface area contributed by atoms with Crippen molar-refractivity contribution in [2.45, 2.75) is 44.7 Å². The van der Waals surface area contributed by atoms with Gasteiger partial charge in [-0.1, -0.05) is 31.0 Å². The van der Waals surface area contributed by atoms with E-state index in [9.17, 15) is 5.11 Å². The summed E-state index contributed by atoms with van der Waals surface area (Å²) < 4.78 is 5.72. The Morgan fingerprint density at radius 1 is 1.33 bits per heavy atom. The molecule has 0 heterocycles. The first-order chi connectivity index (χ1) is 10.3. The number of hydrogen-bond acceptors (Lipinski definition) is 4. The zero-order chi connectivity index (χ0) is 15.1. The second-order valence-electron chi connectivity index (χ2n) is 5.76. The van der Waals surface area contributed by atoms with Gasteiger partial charge in [-0.15, -0.1) is 0 Å². The van der Waals surface area contributed by atoms with E-state index >= 15 is 0 Å². The fourth-order valence-electron chi connectivity index (χ4n) is 3.24. The van der Waals surface area contributed by atoms with Gasteiger partial charge in [0.15, 0.2) is 0 Å². The molecule has 1 fully saturated rings. The van der Waals surface area contributed by atoms with E-state index < -0.39 is 0 Å². The van der Waals surface area contributed by atoms with Crippen molar-refractivity contribution < 1.29 is 9.84 Å². The Balaban J connectivity index is 2.12. The molecule has 1 aliphatic rings. The van der Waals surface area contributed by atoms with Gasteiger partial charge < -0.3 is 20.9 Å². The Morgan fingerprint density at radius 3 is 2.81 bits per heavy atom. The van der Waals surface area contributed by atoms with Gasteiger partial charge in [0.05, 0.1) is 6.61 Å². The van der Waals surface area contributed by atoms with Gasteiger partial charge in [-0.3, -0.25) is 0 Å². The summed E-state index contributed by atoms with van der Waals surface area (Å²) in [6, 6.07) is 8.49. The third-order valence-electron chi connectivity index (χ3n) is 4.39. The second kappa shape index (κ2) is 8.37. The molecule has 0 saturated heterocycles. The third-order valence-corrected chi connectivity index (χ3v) is 4.39. The highest BCUT2D eigenvalue weighted by atomic mass is 16.5. The summed E-state index contributed by atoms with van der Waals surface area (Å²) in [5, 5.41) is 13.2. The van der Waals surface area contributed by atoms with Crippen LogP contribution in [0.2, 0.25) is 0 Å². The number of hydrogen-bond donors (Lipinski definition) is 3. The Labute approximate surface area is 127 Å². The summed E-state index contributed by atoms with van der Waals surface area (Å²) in [6.45, 7) is 3.42. The van der Waals surface area contributed by atoms with E-state index in [1.165, 1.54) is 12.8 Å². The van der Waals surface area contributed by atoms with Crippen LogP contribution in [0.5, 0.6) is 5.75 Å². The van der Waals surface area contributed by atoms with Crippen LogP contribution in [0.1, 0.15) is 44.2 Å². The number of ether oxygens (including phenoxy) is 1. The fraction of sp³-hybridized carbons (Fsp3) is 0.647. The minimum absolute atomic E-state index is 0.0740. The summed E-state index contributed by atoms with van der Waals surface area (Å²) in [7, 11) is 0. The average molecular weight is 292 g/mol. The van der Waals surface area contributed by atoms with E-state index in [0.717, 1.165) is 24.2 Å². The molecule has 3 unspecified atom stereocenters. The quantitative estimate of drug-likeness (QED) is 0.721. The van der Waals surface area contributed by atoms with Crippen molar-refractivity contribution in [1.29, 1.82) is 0 Å². The maximum Gasteiger partial charge on any atom is 0.124 e. The summed E-state index contributed by atoms with van der Waals surface area (Å²) in [5.74, 6) is 1.24. The third kappa shape index (κ3) is 4.19. The zero-order valence-corrected chi connectivity index (χ0v) is 12.9. The molecule has 1 aromatic carbocycles. The first-order valence-corrected chi connectivity index (χ1v) is 8.08. The molecule has 0 spiro atoms. The van der Waals surface area contributed by atoms with Crippen LogP contribution < -0.4 is 15.8 Å². The van der Waals surface area contributed by atoms with E-state index in [0.29, 0.717) is 25.1 Å². The van der Waals surface area contributed by atoms with Crippen LogP contribution in [0.4, 0.5) is 0 Å². The molecule has 0 aromatic heterocycles. The van der Waals surface area contributed by atoms with Crippen molar-refractivity contribution in [3.8, 4) is 5.75 Å². The zero-order valence-electron chi connectivity index (χ0n) is 12.9. The van der Waals surface area contributed by atoms with Crippen LogP contribution in [0.15, 0.2) is 24.3 Å². The first kappa shape index (κ1) is 16.3. The molecule has 0 bridgehead atoms. The standard InChI is InChI=1S/C17H28N2O2/c1-2-21-17-10-6-4-8-14(17)16(11-18)19-15-9-5-3-7-13(15)12-20/h4,6,8,10,13,15-16,19-20H,2-3,5,7,9,11-12,18H2,1H3. The van der Waals surface area contributed by atoms with Gasteiger partial charge in [0.2, 0.25) is 0 Å². The molecule has 1 aromatic rings. The maximum atomic E-state index is 9.56. The molecule has 4 N–H and O–H groups in total. The SMILES string of the molecule is CCOc1ccccc1C(CN)NC1CCCCC1CO. The van der Waals surface area contributed by atoms with Crippen LogP contribution in [0.3, 0.4) is 0 Å². The van der Waals surface area contributed by atoms with Crippen molar-refractivity contribution in [3.05, 3.63) is 29.8 Å². The number of rotatable bonds is 7. The summed E-state index contributed by atoms with van der Waals surface area (Å²) >= 11 is 0. The Morgan fingerprint density at radius 2 is 2.10 bits per heavy atom. The number of aliphatic hydroxyl groups is 1. The summed E-state index contributed by atoms with van der Waals surface area (Å²) in [4.78, 5) is 0. The van der Waals surface area contributed by atoms with Gasteiger partial charge in [0.1, 0.15) is 5.75 Å². The number of para-hydroxylation sites is 1. The van der Waals surface area contributed by atoms with E-state index in [-0.39, 0.29) is 12.6 Å². The van der Waals surface area contributed by atoms with E-state index in [1.54, 1.807) is 0 Å². The lowest BCUT2D eigenvalue weighted by Gasteiger charge is -2.34. The lowest BCUT2D eigenvalue weighted by Crippen LogP contribution is -2.44. The molecule has 0 amide bonds. The van der Waals surface area contributed by atoms with Crippen LogP contribution in [-0.4, -0.2) is 30.9 Å². The lowest BCUT2D eigenvalue weighted by atomic mass is 9.84. The van der Waals surface area contributed by atoms with Crippen molar-refractivity contribution in [1.82, 2.24) is 5.32 Å². The van der Waals surface area contributed by atoms with Crippen LogP contribution >= 0.6 is 0 Å². The highest BCUT2D eigenvalue weighted by molar-refractivity contribution is 5.36. The molecule has 1 aliphatic carbocycles. The van der Waals surface area contributed by atoms with Crippen molar-refractivity contribution in [2.24, 2.45) is 11.7 Å². The van der Waals surface area contributed by atoms with Gasteiger partial charge in [0.25, 0.3) is 0 Å². The van der Waals surface area contributed by atoms with Gasteiger partial charge in [-0.05, 0) is 31.7 Å². The molecule has 4 heteroatoms. The van der Waals surface area contributed by atoms with E-state index in [1.807, 2.05) is 25.1 Å². The Hall–Kier alpha value is -1.10. The first-order valence-electron chi connectivity index (χ1n) is 8.08. The van der Waals surface area contributed by atoms with Crippen molar-refractivity contribution in [3.63, 3.8) is 0 Å². The number of nitrogens with one attached hydrogen (secondary N) is 1. The largest absolute Gasteiger partial charge is 0.494 e. The predicted molar refractivity (Wildman–Crippen MR) is 85.4 cm³/mol. The Bertz CT molecular complexity index is 425. The van der Waals surface area contributed by atoms with Gasteiger partial charge in [-0.25, -0.2) is 0 Å². The van der Waals surface area contributed by atoms with Gasteiger partial charge in [-0.2, -0.15) is 0 Å². The predicted octanol–water partition coefficient (Wildman–Crippen LogP) is 2.23. The highest BCUT2D eigenvalue weighted by Crippen LogP contribution is 2.29. The van der Waals surface area contributed by atoms with Crippen molar-refractivity contribution in [2.75, 3.05) is 19.8 Å². The molecule has 118 valence electrons. The lowest BCUT2D eigenvalue weighted by molar-refractivity contribution is 0.146. The second-order valence-corrected chi connectivity index (χ2v) is 5.76. The molecule has 0 radical (unpaired) electrons. The molecule has 0 aliphatic heterocycles. The van der Waals surface area contributed by atoms with E-state index in [2.05, 4.69) is 11.4 Å². The van der Waals surface area contributed by atoms with Crippen LogP contribution in [-0.2, 0) is 0 Å². The summed E-state index contributed by atoms with van der Waals surface area (Å²) in [5.41, 5.74) is 7.11. The van der Waals surface area contributed by atoms with Crippen LogP contribution in [0.25, 0.3) is 0 Å². The minimum Gasteiger partial charge on any atom is -0.494 e. The fourth-order valence-corrected chi connectivity index (χ4v) is 3.24. The average Bonchev–Trinajstić information content (AvgIpc) is 2.54. The maximum absolute atomic E-state index is 9.56. The molecule has 1 saturated carbocycles. The van der Waals surface area contributed by atoms with E-state index in [4.69, 9.17) is 10.5 Å². The molecule has 21 heavy (non-hydrogen) atoms. The highest BCUT2D eigenvalue weighted by Gasteiger charge is 2.27. The number of benzene rings is 1. The number of aliphatic hydroxyl groups excluding tert-OH is 1. The smallest absolute Gasteiger partial charge is 0.124 e. The molecule has 2 rings (SSSR count). The van der Waals surface area contributed by atoms with Crippen molar-refractivity contribution >= 4 is 0 Å². The molecular weight excluding hydrogens is 264 g/mol. The van der Waals surface area contributed by atoms with Crippen LogP contribution in [0, 0.1) is 5.92 Å². The molecule has 3 atom stereocenters. The number of nitrogens with two attached hydrogens (primary N) is 1. The normalized spacial score (nSPS) is 23.8.